The first-order valence-electron chi connectivity index (χ1n) is 2.46. The predicted molar refractivity (Wildman–Crippen MR) is 32.9 cm³/mol. The molecule has 1 rings (SSSR count). The van der Waals surface area contributed by atoms with Crippen molar-refractivity contribution in [1.29, 1.82) is 0 Å². The third-order valence-electron chi connectivity index (χ3n) is 0.607. The zero-order valence-corrected chi connectivity index (χ0v) is 10.2. The molecule has 0 aromatic heterocycles. The third kappa shape index (κ3) is 17.9. The van der Waals surface area contributed by atoms with Gasteiger partial charge in [0, 0.05) is 0 Å². The molecule has 0 N–H and O–H groups in total. The van der Waals surface area contributed by atoms with Crippen molar-refractivity contribution in [3.05, 3.63) is 36.4 Å². The Balaban J connectivity index is 0. The molecule has 0 bridgehead atoms. The second kappa shape index (κ2) is 10.4. The van der Waals surface area contributed by atoms with Crippen LogP contribution in [-0.2, 0) is 4.57 Å². The van der Waals surface area contributed by atoms with Crippen LogP contribution in [0.15, 0.2) is 30.3 Å². The summed E-state index contributed by atoms with van der Waals surface area (Å²) in [7, 11) is -3.37. The van der Waals surface area contributed by atoms with Crippen LogP contribution in [-0.4, -0.2) is 0 Å². The molecule has 11 heavy (non-hydrogen) atoms. The molecule has 0 saturated heterocycles. The molecule has 0 atom stereocenters. The molecule has 0 aliphatic carbocycles. The number of rotatable bonds is 0. The molecule has 0 radical (unpaired) electrons. The first-order chi connectivity index (χ1) is 4.73. The molecule has 3 nitrogen and oxygen atoms in total. The van der Waals surface area contributed by atoms with E-state index in [2.05, 4.69) is 6.07 Å². The Hall–Kier alpha value is 0.435. The molecule has 5 heteroatoms. The van der Waals surface area contributed by atoms with Gasteiger partial charge in [-0.15, -0.1) is 0 Å². The first kappa shape index (κ1) is 14.0. The van der Waals surface area contributed by atoms with Gasteiger partial charge in [0.25, 0.3) is 8.25 Å². The molecule has 0 saturated carbocycles. The average molecular weight is 295 g/mol. The van der Waals surface area contributed by atoms with Gasteiger partial charge in [0.1, 0.15) is 0 Å². The van der Waals surface area contributed by atoms with Crippen molar-refractivity contribution in [2.45, 2.75) is 0 Å². The Kier molecular flexibility index (Phi) is 13.3. The summed E-state index contributed by atoms with van der Waals surface area (Å²) in [6.45, 7) is 0. The summed E-state index contributed by atoms with van der Waals surface area (Å²) < 4.78 is 8.48. The third-order valence-corrected chi connectivity index (χ3v) is 0.607. The van der Waals surface area contributed by atoms with Gasteiger partial charge in [-0.05, 0) is 0 Å². The molecule has 0 spiro atoms. The summed E-state index contributed by atoms with van der Waals surface area (Å²) in [5, 5.41) is 0. The van der Waals surface area contributed by atoms with Gasteiger partial charge >= 0.3 is 35.6 Å². The summed E-state index contributed by atoms with van der Waals surface area (Å²) in [5.74, 6) is 0. The van der Waals surface area contributed by atoms with Crippen LogP contribution < -0.4 is 9.79 Å². The minimum Gasteiger partial charge on any atom is -0.598 e. The molecule has 1 aromatic rings. The maximum atomic E-state index is 8.48. The predicted octanol–water partition coefficient (Wildman–Crippen LogP) is -0.149. The Bertz CT molecular complexity index is 150. The van der Waals surface area contributed by atoms with E-state index in [-0.39, 0.29) is 35.6 Å². The van der Waals surface area contributed by atoms with Crippen LogP contribution in [0.3, 0.4) is 0 Å². The fourth-order valence-electron chi connectivity index (χ4n) is 0.342. The van der Waals surface area contributed by atoms with Gasteiger partial charge in [-0.3, -0.25) is 0 Å². The molecule has 0 aliphatic rings. The average Bonchev–Trinajstić information content (AvgIpc) is 1.90. The van der Waals surface area contributed by atoms with Crippen LogP contribution in [0.1, 0.15) is 0 Å². The quantitative estimate of drug-likeness (QED) is 0.494. The summed E-state index contributed by atoms with van der Waals surface area (Å²) in [4.78, 5) is 17.0. The molecular weight excluding hydrogens is 290 g/mol. The topological polar surface area (TPSA) is 63.2 Å². The van der Waals surface area contributed by atoms with E-state index in [0.717, 1.165) is 0 Å². The maximum Gasteiger partial charge on any atom is 3.00 e. The van der Waals surface area contributed by atoms with Gasteiger partial charge in [-0.25, -0.2) is 0 Å². The van der Waals surface area contributed by atoms with E-state index in [9.17, 15) is 0 Å². The summed E-state index contributed by atoms with van der Waals surface area (Å²) in [6.07, 6.45) is 0. The van der Waals surface area contributed by atoms with Crippen molar-refractivity contribution in [3.8, 4) is 0 Å². The van der Waals surface area contributed by atoms with E-state index < -0.39 is 8.25 Å². The summed E-state index contributed by atoms with van der Waals surface area (Å²) in [5.41, 5.74) is 0. The van der Waals surface area contributed by atoms with E-state index in [4.69, 9.17) is 14.4 Å². The van der Waals surface area contributed by atoms with Gasteiger partial charge in [0.15, 0.2) is 0 Å². The van der Waals surface area contributed by atoms with E-state index in [1.165, 1.54) is 0 Å². The minimum atomic E-state index is -3.37. The fraction of sp³-hybridized carbons (Fsp3) is 0. The smallest absolute Gasteiger partial charge is 0.598 e. The Morgan fingerprint density at radius 1 is 1.09 bits per heavy atom. The summed E-state index contributed by atoms with van der Waals surface area (Å²) in [6, 6.07) is 12.5. The van der Waals surface area contributed by atoms with E-state index >= 15 is 0 Å². The monoisotopic (exact) mass is 295 g/mol. The van der Waals surface area contributed by atoms with Crippen LogP contribution in [0.5, 0.6) is 0 Å². The van der Waals surface area contributed by atoms with E-state index in [1.807, 2.05) is 30.3 Å². The second-order valence-electron chi connectivity index (χ2n) is 1.30. The SMILES string of the molecule is O=[P+]([O-])[O-].[La+3].[c-]1ccccc1. The largest absolute Gasteiger partial charge is 3.00 e. The molecule has 0 aliphatic heterocycles. The fourth-order valence-corrected chi connectivity index (χ4v) is 0.342. The van der Waals surface area contributed by atoms with Crippen molar-refractivity contribution in [2.75, 3.05) is 0 Å². The van der Waals surface area contributed by atoms with E-state index in [0.29, 0.717) is 0 Å². The van der Waals surface area contributed by atoms with Gasteiger partial charge < -0.3 is 9.79 Å². The summed E-state index contributed by atoms with van der Waals surface area (Å²) >= 11 is 0. The standard InChI is InChI=1S/C6H5.La.HO3P/c1-2-4-6-5-3-1;;1-4(2)3/h1-5H;;(H,1,2,3)/q-1;+3;/p-1. The van der Waals surface area contributed by atoms with E-state index in [1.54, 1.807) is 0 Å². The number of benzene rings is 1. The van der Waals surface area contributed by atoms with Crippen molar-refractivity contribution in [3.63, 3.8) is 0 Å². The maximum absolute atomic E-state index is 8.48. The molecule has 0 unspecified atom stereocenters. The van der Waals surface area contributed by atoms with Gasteiger partial charge in [-0.1, -0.05) is 4.57 Å². The van der Waals surface area contributed by atoms with Crippen LogP contribution in [0, 0.1) is 41.7 Å². The van der Waals surface area contributed by atoms with Crippen LogP contribution in [0.2, 0.25) is 0 Å². The van der Waals surface area contributed by atoms with Crippen molar-refractivity contribution >= 4 is 8.25 Å². The molecule has 0 amide bonds. The van der Waals surface area contributed by atoms with Crippen LogP contribution >= 0.6 is 8.25 Å². The Morgan fingerprint density at radius 3 is 1.55 bits per heavy atom. The van der Waals surface area contributed by atoms with Crippen LogP contribution in [0.4, 0.5) is 0 Å². The molecule has 54 valence electrons. The Labute approximate surface area is 94.0 Å². The zero-order chi connectivity index (χ0) is 7.82. The Morgan fingerprint density at radius 2 is 1.45 bits per heavy atom. The van der Waals surface area contributed by atoms with Gasteiger partial charge in [-0.2, -0.15) is 36.4 Å². The normalized spacial score (nSPS) is 6.73. The van der Waals surface area contributed by atoms with Gasteiger partial charge in [0.05, 0.1) is 0 Å². The van der Waals surface area contributed by atoms with Crippen LogP contribution in [0.25, 0.3) is 0 Å². The number of hydrogen-bond acceptors (Lipinski definition) is 3. The van der Waals surface area contributed by atoms with Crippen molar-refractivity contribution in [1.82, 2.24) is 0 Å². The molecule has 0 heterocycles. The zero-order valence-electron chi connectivity index (χ0n) is 5.64. The van der Waals surface area contributed by atoms with Crippen molar-refractivity contribution in [2.24, 2.45) is 0 Å². The van der Waals surface area contributed by atoms with Gasteiger partial charge in [0.2, 0.25) is 0 Å². The first-order valence-corrected chi connectivity index (χ1v) is 3.55. The number of hydrogen-bond donors (Lipinski definition) is 0. The minimum absolute atomic E-state index is 0. The molecule has 0 fully saturated rings. The van der Waals surface area contributed by atoms with Crippen molar-refractivity contribution < 1.29 is 50.0 Å². The molecular formula is C6H5LaO3P+. The second-order valence-corrected chi connectivity index (χ2v) is 1.75. The molecule has 1 aromatic carbocycles.